The van der Waals surface area contributed by atoms with Gasteiger partial charge in [0.05, 0.1) is 11.1 Å². The number of hydrogen-bond donors (Lipinski definition) is 2. The molecule has 1 aromatic carbocycles. The maximum atomic E-state index is 11.4. The fourth-order valence-electron chi connectivity index (χ4n) is 3.14. The van der Waals surface area contributed by atoms with Crippen LogP contribution in [0.3, 0.4) is 0 Å². The number of hydrogen-bond acceptors (Lipinski definition) is 2. The van der Waals surface area contributed by atoms with Crippen molar-refractivity contribution in [1.82, 2.24) is 4.57 Å². The van der Waals surface area contributed by atoms with Crippen LogP contribution in [-0.2, 0) is 19.4 Å². The quantitative estimate of drug-likeness (QED) is 0.858. The second kappa shape index (κ2) is 6.31. The van der Waals surface area contributed by atoms with E-state index in [9.17, 15) is 9.90 Å². The van der Waals surface area contributed by atoms with Gasteiger partial charge in [-0.1, -0.05) is 13.8 Å². The molecule has 114 valence electrons. The summed E-state index contributed by atoms with van der Waals surface area (Å²) < 4.78 is 2.31. The molecule has 0 radical (unpaired) electrons. The molecular formula is C17H24N2O2. The molecule has 1 heterocycles. The molecule has 2 rings (SSSR count). The van der Waals surface area contributed by atoms with E-state index in [1.165, 1.54) is 16.8 Å². The molecule has 0 unspecified atom stereocenters. The van der Waals surface area contributed by atoms with Crippen molar-refractivity contribution in [3.05, 3.63) is 34.5 Å². The van der Waals surface area contributed by atoms with Gasteiger partial charge in [-0.3, -0.25) is 0 Å². The molecule has 0 atom stereocenters. The van der Waals surface area contributed by atoms with Gasteiger partial charge in [0.2, 0.25) is 0 Å². The highest BCUT2D eigenvalue weighted by Crippen LogP contribution is 2.31. The van der Waals surface area contributed by atoms with Crippen molar-refractivity contribution in [3.8, 4) is 0 Å². The summed E-state index contributed by atoms with van der Waals surface area (Å²) in [6.45, 7) is 7.86. The van der Waals surface area contributed by atoms with E-state index in [2.05, 4.69) is 25.3 Å². The average molecular weight is 288 g/mol. The first-order valence-corrected chi connectivity index (χ1v) is 7.63. The zero-order valence-electron chi connectivity index (χ0n) is 13.1. The lowest BCUT2D eigenvalue weighted by Crippen LogP contribution is -2.08. The molecule has 0 aliphatic rings. The largest absolute Gasteiger partial charge is 0.478 e. The van der Waals surface area contributed by atoms with Gasteiger partial charge in [-0.05, 0) is 56.0 Å². The summed E-state index contributed by atoms with van der Waals surface area (Å²) in [5.74, 6) is -0.860. The van der Waals surface area contributed by atoms with Crippen molar-refractivity contribution in [1.29, 1.82) is 0 Å². The number of carboxylic acids is 1. The number of aromatic nitrogens is 1. The standard InChI is InChI=1S/C17H24N2O2/c1-4-12-9-13(17(20)21)10-15-14(5-2)11(3)19(16(12)15)8-6-7-18/h9-10H,4-8,18H2,1-3H3,(H,20,21). The molecule has 0 amide bonds. The Morgan fingerprint density at radius 3 is 2.52 bits per heavy atom. The van der Waals surface area contributed by atoms with Gasteiger partial charge in [-0.2, -0.15) is 0 Å². The van der Waals surface area contributed by atoms with E-state index in [1.807, 2.05) is 12.1 Å². The van der Waals surface area contributed by atoms with Crippen molar-refractivity contribution in [2.45, 2.75) is 46.6 Å². The Kier molecular flexibility index (Phi) is 4.68. The average Bonchev–Trinajstić information content (AvgIpc) is 2.75. The van der Waals surface area contributed by atoms with Crippen LogP contribution in [0.2, 0.25) is 0 Å². The van der Waals surface area contributed by atoms with Gasteiger partial charge >= 0.3 is 5.97 Å². The van der Waals surface area contributed by atoms with Crippen LogP contribution in [0.25, 0.3) is 10.9 Å². The minimum atomic E-state index is -0.860. The smallest absolute Gasteiger partial charge is 0.335 e. The number of rotatable bonds is 6. The van der Waals surface area contributed by atoms with Gasteiger partial charge in [0.15, 0.2) is 0 Å². The topological polar surface area (TPSA) is 68.2 Å². The highest BCUT2D eigenvalue weighted by molar-refractivity contribution is 5.97. The predicted octanol–water partition coefficient (Wildman–Crippen LogP) is 3.12. The number of carbonyl (C=O) groups is 1. The van der Waals surface area contributed by atoms with Gasteiger partial charge in [0, 0.05) is 17.6 Å². The van der Waals surface area contributed by atoms with Crippen LogP contribution in [0.1, 0.15) is 47.4 Å². The van der Waals surface area contributed by atoms with Crippen molar-refractivity contribution >= 4 is 16.9 Å². The summed E-state index contributed by atoms with van der Waals surface area (Å²) in [6, 6.07) is 3.63. The van der Waals surface area contributed by atoms with Crippen LogP contribution in [0.5, 0.6) is 0 Å². The molecule has 1 aromatic heterocycles. The van der Waals surface area contributed by atoms with Crippen molar-refractivity contribution in [2.75, 3.05) is 6.54 Å². The summed E-state index contributed by atoms with van der Waals surface area (Å²) in [5.41, 5.74) is 10.8. The molecule has 3 N–H and O–H groups in total. The molecule has 4 heteroatoms. The Bertz CT molecular complexity index is 671. The molecule has 0 fully saturated rings. The second-order valence-corrected chi connectivity index (χ2v) is 5.40. The lowest BCUT2D eigenvalue weighted by atomic mass is 10.0. The molecular weight excluding hydrogens is 264 g/mol. The maximum absolute atomic E-state index is 11.4. The van der Waals surface area contributed by atoms with E-state index in [1.54, 1.807) is 0 Å². The Balaban J connectivity index is 2.79. The lowest BCUT2D eigenvalue weighted by Gasteiger charge is -2.11. The van der Waals surface area contributed by atoms with Crippen LogP contribution >= 0.6 is 0 Å². The zero-order valence-corrected chi connectivity index (χ0v) is 13.1. The van der Waals surface area contributed by atoms with Crippen LogP contribution in [0.4, 0.5) is 0 Å². The highest BCUT2D eigenvalue weighted by atomic mass is 16.4. The number of carboxylic acid groups (broad SMARTS) is 1. The van der Waals surface area contributed by atoms with Crippen molar-refractivity contribution < 1.29 is 9.90 Å². The number of aryl methyl sites for hydroxylation is 3. The highest BCUT2D eigenvalue weighted by Gasteiger charge is 2.18. The zero-order chi connectivity index (χ0) is 15.6. The van der Waals surface area contributed by atoms with E-state index < -0.39 is 5.97 Å². The van der Waals surface area contributed by atoms with E-state index in [0.717, 1.165) is 36.8 Å². The molecule has 0 saturated carbocycles. The van der Waals surface area contributed by atoms with Gasteiger partial charge in [-0.15, -0.1) is 0 Å². The number of fused-ring (bicyclic) bond motifs is 1. The molecule has 21 heavy (non-hydrogen) atoms. The molecule has 0 aliphatic carbocycles. The maximum Gasteiger partial charge on any atom is 0.335 e. The molecule has 0 bridgehead atoms. The Hall–Kier alpha value is -1.81. The number of nitrogens with two attached hydrogens (primary N) is 1. The first-order chi connectivity index (χ1) is 10.0. The Labute approximate surface area is 125 Å². The Morgan fingerprint density at radius 2 is 2.00 bits per heavy atom. The van der Waals surface area contributed by atoms with Crippen LogP contribution in [-0.4, -0.2) is 22.2 Å². The third kappa shape index (κ3) is 2.68. The van der Waals surface area contributed by atoms with Crippen molar-refractivity contribution in [3.63, 3.8) is 0 Å². The van der Waals surface area contributed by atoms with E-state index in [-0.39, 0.29) is 0 Å². The number of benzene rings is 1. The van der Waals surface area contributed by atoms with Crippen LogP contribution < -0.4 is 5.73 Å². The first-order valence-electron chi connectivity index (χ1n) is 7.63. The van der Waals surface area contributed by atoms with E-state index in [4.69, 9.17) is 5.73 Å². The molecule has 4 nitrogen and oxygen atoms in total. The third-order valence-corrected chi connectivity index (χ3v) is 4.19. The van der Waals surface area contributed by atoms with Crippen LogP contribution in [0.15, 0.2) is 12.1 Å². The summed E-state index contributed by atoms with van der Waals surface area (Å²) in [6.07, 6.45) is 2.66. The molecule has 2 aromatic rings. The predicted molar refractivity (Wildman–Crippen MR) is 86.1 cm³/mol. The van der Waals surface area contributed by atoms with E-state index in [0.29, 0.717) is 12.1 Å². The van der Waals surface area contributed by atoms with Crippen molar-refractivity contribution in [2.24, 2.45) is 5.73 Å². The summed E-state index contributed by atoms with van der Waals surface area (Å²) in [4.78, 5) is 11.4. The van der Waals surface area contributed by atoms with Gasteiger partial charge in [0.1, 0.15) is 0 Å². The van der Waals surface area contributed by atoms with Gasteiger partial charge in [-0.25, -0.2) is 4.79 Å². The number of aromatic carboxylic acids is 1. The SMILES string of the molecule is CCc1c(C)n(CCCN)c2c(CC)cc(C(=O)O)cc12. The third-order valence-electron chi connectivity index (χ3n) is 4.19. The van der Waals surface area contributed by atoms with Gasteiger partial charge in [0.25, 0.3) is 0 Å². The summed E-state index contributed by atoms with van der Waals surface area (Å²) >= 11 is 0. The fraction of sp³-hybridized carbons (Fsp3) is 0.471. The number of nitrogens with zero attached hydrogens (tertiary/aromatic N) is 1. The second-order valence-electron chi connectivity index (χ2n) is 5.40. The fourth-order valence-corrected chi connectivity index (χ4v) is 3.14. The molecule has 0 aliphatic heterocycles. The normalized spacial score (nSPS) is 11.2. The monoisotopic (exact) mass is 288 g/mol. The van der Waals surface area contributed by atoms with E-state index >= 15 is 0 Å². The minimum Gasteiger partial charge on any atom is -0.478 e. The minimum absolute atomic E-state index is 0.380. The first kappa shape index (κ1) is 15.6. The van der Waals surface area contributed by atoms with Crippen LogP contribution in [0, 0.1) is 6.92 Å². The lowest BCUT2D eigenvalue weighted by molar-refractivity contribution is 0.0697. The summed E-state index contributed by atoms with van der Waals surface area (Å²) in [5, 5.41) is 10.4. The molecule has 0 saturated heterocycles. The summed E-state index contributed by atoms with van der Waals surface area (Å²) in [7, 11) is 0. The molecule has 0 spiro atoms. The van der Waals surface area contributed by atoms with Gasteiger partial charge < -0.3 is 15.4 Å². The Morgan fingerprint density at radius 1 is 1.29 bits per heavy atom.